The van der Waals surface area contributed by atoms with Crippen molar-refractivity contribution in [2.45, 2.75) is 6.04 Å². The molecule has 0 bridgehead atoms. The molecule has 82 valence electrons. The minimum absolute atomic E-state index is 0.0397. The zero-order chi connectivity index (χ0) is 10.8. The van der Waals surface area contributed by atoms with Gasteiger partial charge in [-0.05, 0) is 11.4 Å². The Kier molecular flexibility index (Phi) is 3.04. The van der Waals surface area contributed by atoms with E-state index in [1.165, 1.54) is 11.3 Å². The number of nitrogens with zero attached hydrogens (tertiary/aromatic N) is 1. The summed E-state index contributed by atoms with van der Waals surface area (Å²) in [5.41, 5.74) is 5.84. The quantitative estimate of drug-likeness (QED) is 0.773. The minimum Gasteiger partial charge on any atom is -0.396 e. The lowest BCUT2D eigenvalue weighted by atomic mass is 10.00. The number of rotatable bonds is 3. The molecule has 1 aliphatic rings. The highest BCUT2D eigenvalue weighted by molar-refractivity contribution is 7.10. The van der Waals surface area contributed by atoms with Crippen LogP contribution in [0.4, 0.5) is 0 Å². The first-order valence-corrected chi connectivity index (χ1v) is 5.79. The summed E-state index contributed by atoms with van der Waals surface area (Å²) in [6, 6.07) is 3.22. The summed E-state index contributed by atoms with van der Waals surface area (Å²) >= 11 is 1.50. The van der Waals surface area contributed by atoms with Crippen LogP contribution in [0, 0.1) is 5.92 Å². The second kappa shape index (κ2) is 4.30. The van der Waals surface area contributed by atoms with Crippen LogP contribution in [0.15, 0.2) is 17.5 Å². The van der Waals surface area contributed by atoms with Crippen molar-refractivity contribution in [1.82, 2.24) is 4.90 Å². The van der Waals surface area contributed by atoms with E-state index in [2.05, 4.69) is 0 Å². The van der Waals surface area contributed by atoms with Crippen LogP contribution >= 0.6 is 11.3 Å². The average Bonchev–Trinajstić information content (AvgIpc) is 2.67. The van der Waals surface area contributed by atoms with Crippen molar-refractivity contribution in [2.75, 3.05) is 19.7 Å². The van der Waals surface area contributed by atoms with Crippen molar-refractivity contribution in [1.29, 1.82) is 0 Å². The molecule has 5 heteroatoms. The Bertz CT molecular complexity index is 333. The van der Waals surface area contributed by atoms with Gasteiger partial charge in [0.25, 0.3) is 0 Å². The SMILES string of the molecule is NC(C(=O)N1CC(CO)C1)c1cccs1. The third-order valence-electron chi connectivity index (χ3n) is 2.64. The minimum atomic E-state index is -0.537. The smallest absolute Gasteiger partial charge is 0.244 e. The van der Waals surface area contributed by atoms with E-state index in [0.29, 0.717) is 13.1 Å². The molecule has 1 aromatic heterocycles. The van der Waals surface area contributed by atoms with Crippen molar-refractivity contribution in [3.05, 3.63) is 22.4 Å². The first-order chi connectivity index (χ1) is 7.22. The lowest BCUT2D eigenvalue weighted by molar-refractivity contribution is -0.139. The van der Waals surface area contributed by atoms with Crippen LogP contribution in [0.3, 0.4) is 0 Å². The van der Waals surface area contributed by atoms with Gasteiger partial charge in [-0.25, -0.2) is 0 Å². The highest BCUT2D eigenvalue weighted by Gasteiger charge is 2.33. The number of hydrogen-bond donors (Lipinski definition) is 2. The van der Waals surface area contributed by atoms with Crippen molar-refractivity contribution >= 4 is 17.2 Å². The summed E-state index contributed by atoms with van der Waals surface area (Å²) < 4.78 is 0. The molecule has 1 fully saturated rings. The molecule has 1 amide bonds. The van der Waals surface area contributed by atoms with Gasteiger partial charge in [-0.2, -0.15) is 0 Å². The van der Waals surface area contributed by atoms with Gasteiger partial charge in [-0.1, -0.05) is 6.07 Å². The first kappa shape index (κ1) is 10.6. The fourth-order valence-electron chi connectivity index (χ4n) is 1.65. The Morgan fingerprint density at radius 1 is 1.73 bits per heavy atom. The third kappa shape index (κ3) is 2.04. The molecule has 0 saturated carbocycles. The van der Waals surface area contributed by atoms with Crippen LogP contribution in [-0.4, -0.2) is 35.6 Å². The largest absolute Gasteiger partial charge is 0.396 e. The fraction of sp³-hybridized carbons (Fsp3) is 0.500. The third-order valence-corrected chi connectivity index (χ3v) is 3.60. The molecule has 4 nitrogen and oxygen atoms in total. The number of nitrogens with two attached hydrogens (primary N) is 1. The Morgan fingerprint density at radius 2 is 2.47 bits per heavy atom. The molecule has 0 aliphatic carbocycles. The number of likely N-dealkylation sites (tertiary alicyclic amines) is 1. The van der Waals surface area contributed by atoms with E-state index < -0.39 is 6.04 Å². The predicted molar refractivity (Wildman–Crippen MR) is 58.4 cm³/mol. The van der Waals surface area contributed by atoms with Gasteiger partial charge in [-0.15, -0.1) is 11.3 Å². The van der Waals surface area contributed by atoms with Crippen LogP contribution in [0.1, 0.15) is 10.9 Å². The second-order valence-electron chi connectivity index (χ2n) is 3.78. The molecule has 2 rings (SSSR count). The lowest BCUT2D eigenvalue weighted by Crippen LogP contribution is -2.53. The highest BCUT2D eigenvalue weighted by Crippen LogP contribution is 2.23. The summed E-state index contributed by atoms with van der Waals surface area (Å²) in [5.74, 6) is 0.201. The van der Waals surface area contributed by atoms with Crippen LogP contribution in [0.25, 0.3) is 0 Å². The van der Waals surface area contributed by atoms with Gasteiger partial charge in [0.05, 0.1) is 0 Å². The Balaban J connectivity index is 1.92. The number of carbonyl (C=O) groups excluding carboxylic acids is 1. The average molecular weight is 226 g/mol. The van der Waals surface area contributed by atoms with Crippen LogP contribution in [0.2, 0.25) is 0 Å². The van der Waals surface area contributed by atoms with Crippen molar-refractivity contribution in [3.8, 4) is 0 Å². The molecule has 0 radical (unpaired) electrons. The van der Waals surface area contributed by atoms with Crippen LogP contribution < -0.4 is 5.73 Å². The lowest BCUT2D eigenvalue weighted by Gasteiger charge is -2.39. The van der Waals surface area contributed by atoms with Gasteiger partial charge in [0.15, 0.2) is 0 Å². The van der Waals surface area contributed by atoms with Gasteiger partial charge < -0.3 is 15.7 Å². The van der Waals surface area contributed by atoms with E-state index in [4.69, 9.17) is 10.8 Å². The molecule has 1 atom stereocenters. The zero-order valence-corrected chi connectivity index (χ0v) is 9.11. The number of aliphatic hydroxyl groups excluding tert-OH is 1. The second-order valence-corrected chi connectivity index (χ2v) is 4.76. The van der Waals surface area contributed by atoms with Gasteiger partial charge in [-0.3, -0.25) is 4.79 Å². The van der Waals surface area contributed by atoms with E-state index in [1.807, 2.05) is 17.5 Å². The number of thiophene rings is 1. The van der Waals surface area contributed by atoms with Crippen LogP contribution in [-0.2, 0) is 4.79 Å². The maximum atomic E-state index is 11.8. The monoisotopic (exact) mass is 226 g/mol. The maximum Gasteiger partial charge on any atom is 0.244 e. The molecule has 1 unspecified atom stereocenters. The van der Waals surface area contributed by atoms with E-state index in [1.54, 1.807) is 4.90 Å². The number of hydrogen-bond acceptors (Lipinski definition) is 4. The summed E-state index contributed by atoms with van der Waals surface area (Å²) in [5, 5.41) is 10.8. The molecular weight excluding hydrogens is 212 g/mol. The number of aliphatic hydroxyl groups is 1. The summed E-state index contributed by atoms with van der Waals surface area (Å²) in [4.78, 5) is 14.4. The summed E-state index contributed by atoms with van der Waals surface area (Å²) in [7, 11) is 0. The standard InChI is InChI=1S/C10H14N2O2S/c11-9(8-2-1-3-15-8)10(14)12-4-7(5-12)6-13/h1-3,7,9,13H,4-6,11H2. The van der Waals surface area contributed by atoms with Crippen molar-refractivity contribution in [3.63, 3.8) is 0 Å². The van der Waals surface area contributed by atoms with Gasteiger partial charge in [0.1, 0.15) is 6.04 Å². The van der Waals surface area contributed by atoms with Crippen LogP contribution in [0.5, 0.6) is 0 Å². The van der Waals surface area contributed by atoms with E-state index in [9.17, 15) is 4.79 Å². The molecule has 1 aromatic rings. The molecule has 1 saturated heterocycles. The number of amides is 1. The van der Waals surface area contributed by atoms with Gasteiger partial charge in [0.2, 0.25) is 5.91 Å². The maximum absolute atomic E-state index is 11.8. The molecule has 3 N–H and O–H groups in total. The zero-order valence-electron chi connectivity index (χ0n) is 8.30. The molecule has 15 heavy (non-hydrogen) atoms. The highest BCUT2D eigenvalue weighted by atomic mass is 32.1. The normalized spacial score (nSPS) is 18.7. The molecular formula is C10H14N2O2S. The van der Waals surface area contributed by atoms with E-state index in [-0.39, 0.29) is 18.4 Å². The van der Waals surface area contributed by atoms with Crippen molar-refractivity contribution in [2.24, 2.45) is 11.7 Å². The van der Waals surface area contributed by atoms with Gasteiger partial charge >= 0.3 is 0 Å². The first-order valence-electron chi connectivity index (χ1n) is 4.91. The molecule has 0 spiro atoms. The fourth-order valence-corrected chi connectivity index (χ4v) is 2.37. The Hall–Kier alpha value is -0.910. The summed E-state index contributed by atoms with van der Waals surface area (Å²) in [6.45, 7) is 1.42. The molecule has 0 aromatic carbocycles. The summed E-state index contributed by atoms with van der Waals surface area (Å²) in [6.07, 6.45) is 0. The Morgan fingerprint density at radius 3 is 3.00 bits per heavy atom. The van der Waals surface area contributed by atoms with Crippen molar-refractivity contribution < 1.29 is 9.90 Å². The van der Waals surface area contributed by atoms with E-state index >= 15 is 0 Å². The predicted octanol–water partition coefficient (Wildman–Crippen LogP) is 0.199. The topological polar surface area (TPSA) is 66.6 Å². The number of carbonyl (C=O) groups is 1. The molecule has 1 aliphatic heterocycles. The van der Waals surface area contributed by atoms with Gasteiger partial charge in [0, 0.05) is 30.5 Å². The van der Waals surface area contributed by atoms with E-state index in [0.717, 1.165) is 4.88 Å². The molecule has 2 heterocycles. The Labute approximate surface area is 92.3 Å².